The number of amides is 1. The van der Waals surface area contributed by atoms with Gasteiger partial charge in [-0.25, -0.2) is 4.52 Å². The standard InChI is InChI=1S/C27H33N5O/c1-4-5-24-26-15-25(30-32(26)16-19(3)29-24)23-14-27(33)31-17-21(20-10-12-28-13-11-20)7-9-22(31)8-6-18(23)2/h7-9,14-18,20,28H,4-6,10-13H2,1-3H3. The van der Waals surface area contributed by atoms with Gasteiger partial charge in [0, 0.05) is 18.0 Å². The Bertz CT molecular complexity index is 1190. The Morgan fingerprint density at radius 2 is 2.03 bits per heavy atom. The summed E-state index contributed by atoms with van der Waals surface area (Å²) in [5, 5.41) is 8.30. The zero-order valence-electron chi connectivity index (χ0n) is 19.8. The number of aromatic nitrogens is 3. The number of carbonyl (C=O) groups excluding carboxylic acids is 1. The number of hydrogen-bond donors (Lipinski definition) is 1. The number of nitrogens with one attached hydrogen (secondary N) is 1. The quantitative estimate of drug-likeness (QED) is 0.751. The van der Waals surface area contributed by atoms with Crippen LogP contribution in [0.2, 0.25) is 0 Å². The van der Waals surface area contributed by atoms with E-state index in [1.165, 1.54) is 5.57 Å². The van der Waals surface area contributed by atoms with E-state index in [2.05, 4.69) is 49.7 Å². The summed E-state index contributed by atoms with van der Waals surface area (Å²) in [4.78, 5) is 20.0. The Balaban J connectivity index is 1.50. The lowest BCUT2D eigenvalue weighted by Gasteiger charge is -2.30. The van der Waals surface area contributed by atoms with Crippen LogP contribution in [0.15, 0.2) is 54.0 Å². The third-order valence-corrected chi connectivity index (χ3v) is 6.98. The van der Waals surface area contributed by atoms with E-state index in [1.54, 1.807) is 6.08 Å². The molecule has 1 fully saturated rings. The SMILES string of the molecule is CCCc1nc(C)cn2nc(C3=CC(=O)N4C=C(C5CCNCC5)C=CC4=CCC3C)cc12. The molecular formula is C27H33N5O. The number of allylic oxidation sites excluding steroid dienone is 5. The lowest BCUT2D eigenvalue weighted by Crippen LogP contribution is -2.31. The average Bonchev–Trinajstić information content (AvgIpc) is 3.24. The number of carbonyl (C=O) groups is 1. The molecule has 0 bridgehead atoms. The smallest absolute Gasteiger partial charge is 0.255 e. The monoisotopic (exact) mass is 443 g/mol. The van der Waals surface area contributed by atoms with Crippen molar-refractivity contribution in [2.24, 2.45) is 11.8 Å². The number of nitrogens with zero attached hydrogens (tertiary/aromatic N) is 4. The fourth-order valence-electron chi connectivity index (χ4n) is 5.12. The maximum Gasteiger partial charge on any atom is 0.255 e. The second-order valence-corrected chi connectivity index (χ2v) is 9.50. The van der Waals surface area contributed by atoms with Crippen molar-refractivity contribution in [2.75, 3.05) is 13.1 Å². The molecule has 3 aliphatic heterocycles. The number of fused-ring (bicyclic) bond motifs is 2. The lowest BCUT2D eigenvalue weighted by molar-refractivity contribution is -0.122. The fraction of sp³-hybridized carbons (Fsp3) is 0.444. The summed E-state index contributed by atoms with van der Waals surface area (Å²) >= 11 is 0. The zero-order valence-corrected chi connectivity index (χ0v) is 19.8. The van der Waals surface area contributed by atoms with Crippen LogP contribution in [0.5, 0.6) is 0 Å². The summed E-state index contributed by atoms with van der Waals surface area (Å²) < 4.78 is 1.93. The Kier molecular flexibility index (Phi) is 6.02. The minimum absolute atomic E-state index is 0.00118. The Hall–Kier alpha value is -2.99. The van der Waals surface area contributed by atoms with E-state index >= 15 is 0 Å². The summed E-state index contributed by atoms with van der Waals surface area (Å²) in [5.41, 5.74) is 7.14. The van der Waals surface area contributed by atoms with Gasteiger partial charge in [0.05, 0.1) is 28.8 Å². The van der Waals surface area contributed by atoms with Gasteiger partial charge in [-0.2, -0.15) is 5.10 Å². The normalized spacial score (nSPS) is 21.9. The predicted octanol–water partition coefficient (Wildman–Crippen LogP) is 4.58. The summed E-state index contributed by atoms with van der Waals surface area (Å²) in [5.74, 6) is 0.704. The van der Waals surface area contributed by atoms with E-state index in [0.717, 1.165) is 79.1 Å². The molecule has 33 heavy (non-hydrogen) atoms. The van der Waals surface area contributed by atoms with E-state index in [9.17, 15) is 4.79 Å². The first-order valence-electron chi connectivity index (χ1n) is 12.2. The van der Waals surface area contributed by atoms with Crippen LogP contribution in [0.4, 0.5) is 0 Å². The minimum atomic E-state index is -0.00118. The molecule has 1 saturated heterocycles. The van der Waals surface area contributed by atoms with Gasteiger partial charge in [0.25, 0.3) is 5.91 Å². The highest BCUT2D eigenvalue weighted by atomic mass is 16.2. The first-order valence-corrected chi connectivity index (χ1v) is 12.2. The maximum absolute atomic E-state index is 13.5. The highest BCUT2D eigenvalue weighted by Gasteiger charge is 2.26. The van der Waals surface area contributed by atoms with Gasteiger partial charge in [0.1, 0.15) is 0 Å². The van der Waals surface area contributed by atoms with E-state index in [-0.39, 0.29) is 11.8 Å². The topological polar surface area (TPSA) is 62.5 Å². The number of piperidine rings is 1. The summed E-state index contributed by atoms with van der Waals surface area (Å²) in [6.07, 6.45) is 17.4. The van der Waals surface area contributed by atoms with Gasteiger partial charge in [-0.15, -0.1) is 0 Å². The molecule has 5 rings (SSSR count). The molecule has 1 N–H and O–H groups in total. The van der Waals surface area contributed by atoms with Crippen LogP contribution < -0.4 is 5.32 Å². The van der Waals surface area contributed by atoms with Crippen molar-refractivity contribution in [3.8, 4) is 0 Å². The first kappa shape index (κ1) is 21.8. The van der Waals surface area contributed by atoms with Gasteiger partial charge in [-0.05, 0) is 80.8 Å². The van der Waals surface area contributed by atoms with Crippen molar-refractivity contribution >= 4 is 17.0 Å². The molecule has 3 aliphatic rings. The fourth-order valence-corrected chi connectivity index (χ4v) is 5.12. The number of hydrogen-bond acceptors (Lipinski definition) is 4. The highest BCUT2D eigenvalue weighted by Crippen LogP contribution is 2.33. The molecule has 6 nitrogen and oxygen atoms in total. The molecule has 2 aromatic rings. The van der Waals surface area contributed by atoms with Crippen molar-refractivity contribution < 1.29 is 4.79 Å². The van der Waals surface area contributed by atoms with Gasteiger partial charge >= 0.3 is 0 Å². The van der Waals surface area contributed by atoms with Crippen LogP contribution in [-0.2, 0) is 11.2 Å². The van der Waals surface area contributed by atoms with Gasteiger partial charge < -0.3 is 5.32 Å². The van der Waals surface area contributed by atoms with Crippen molar-refractivity contribution in [1.29, 1.82) is 0 Å². The van der Waals surface area contributed by atoms with E-state index < -0.39 is 0 Å². The molecule has 5 heterocycles. The molecule has 2 aromatic heterocycles. The molecule has 0 saturated carbocycles. The van der Waals surface area contributed by atoms with Crippen molar-refractivity contribution in [3.05, 3.63) is 71.1 Å². The third-order valence-electron chi connectivity index (χ3n) is 6.98. The first-order chi connectivity index (χ1) is 16.0. The van der Waals surface area contributed by atoms with Crippen LogP contribution in [-0.4, -0.2) is 38.5 Å². The molecule has 6 heteroatoms. The van der Waals surface area contributed by atoms with Crippen molar-refractivity contribution in [3.63, 3.8) is 0 Å². The highest BCUT2D eigenvalue weighted by molar-refractivity contribution is 5.98. The Morgan fingerprint density at radius 1 is 1.21 bits per heavy atom. The molecule has 1 unspecified atom stereocenters. The number of aryl methyl sites for hydroxylation is 2. The molecular weight excluding hydrogens is 410 g/mol. The van der Waals surface area contributed by atoms with Gasteiger partial charge in [0.2, 0.25) is 0 Å². The summed E-state index contributed by atoms with van der Waals surface area (Å²) in [6, 6.07) is 2.10. The molecule has 0 aromatic carbocycles. The second kappa shape index (κ2) is 9.10. The molecule has 172 valence electrons. The summed E-state index contributed by atoms with van der Waals surface area (Å²) in [6.45, 7) is 8.42. The largest absolute Gasteiger partial charge is 0.317 e. The Labute approximate surface area is 195 Å². The molecule has 0 spiro atoms. The molecule has 1 atom stereocenters. The van der Waals surface area contributed by atoms with Gasteiger partial charge in [0.15, 0.2) is 0 Å². The van der Waals surface area contributed by atoms with E-state index in [1.807, 2.05) is 22.5 Å². The number of rotatable bonds is 4. The predicted molar refractivity (Wildman–Crippen MR) is 131 cm³/mol. The van der Waals surface area contributed by atoms with Crippen LogP contribution in [0.1, 0.15) is 56.6 Å². The van der Waals surface area contributed by atoms with Crippen LogP contribution in [0.25, 0.3) is 11.1 Å². The van der Waals surface area contributed by atoms with E-state index in [4.69, 9.17) is 10.1 Å². The van der Waals surface area contributed by atoms with Crippen LogP contribution in [0.3, 0.4) is 0 Å². The van der Waals surface area contributed by atoms with Crippen LogP contribution >= 0.6 is 0 Å². The van der Waals surface area contributed by atoms with Crippen LogP contribution in [0, 0.1) is 18.8 Å². The van der Waals surface area contributed by atoms with Crippen molar-refractivity contribution in [1.82, 2.24) is 24.8 Å². The molecule has 1 amide bonds. The lowest BCUT2D eigenvalue weighted by atomic mass is 9.88. The molecule has 0 radical (unpaired) electrons. The maximum atomic E-state index is 13.5. The third kappa shape index (κ3) is 4.32. The zero-order chi connectivity index (χ0) is 22.9. The van der Waals surface area contributed by atoms with E-state index in [0.29, 0.717) is 5.92 Å². The molecule has 0 aliphatic carbocycles. The second-order valence-electron chi connectivity index (χ2n) is 9.50. The summed E-state index contributed by atoms with van der Waals surface area (Å²) in [7, 11) is 0. The average molecular weight is 444 g/mol. The minimum Gasteiger partial charge on any atom is -0.317 e. The van der Waals surface area contributed by atoms with Crippen molar-refractivity contribution in [2.45, 2.75) is 52.9 Å². The Morgan fingerprint density at radius 3 is 2.82 bits per heavy atom. The van der Waals surface area contributed by atoms with Gasteiger partial charge in [-0.3, -0.25) is 14.7 Å². The van der Waals surface area contributed by atoms with Gasteiger partial charge in [-0.1, -0.05) is 32.4 Å².